The molecule has 7 heteroatoms. The van der Waals surface area contributed by atoms with E-state index in [1.807, 2.05) is 0 Å². The third-order valence-corrected chi connectivity index (χ3v) is 3.77. The van der Waals surface area contributed by atoms with Crippen molar-refractivity contribution >= 4 is 5.91 Å². The third-order valence-electron chi connectivity index (χ3n) is 3.77. The lowest BCUT2D eigenvalue weighted by Crippen LogP contribution is -2.34. The number of carbonyl (C=O) groups is 1. The minimum atomic E-state index is -0.755. The van der Waals surface area contributed by atoms with Crippen molar-refractivity contribution in [1.82, 2.24) is 14.7 Å². The fourth-order valence-corrected chi connectivity index (χ4v) is 2.78. The maximum Gasteiger partial charge on any atom is 0.244 e. The molecule has 1 aliphatic rings. The summed E-state index contributed by atoms with van der Waals surface area (Å²) in [5.41, 5.74) is 0.0883. The van der Waals surface area contributed by atoms with Crippen molar-refractivity contribution in [2.75, 3.05) is 6.54 Å². The molecule has 0 bridgehead atoms. The molecular formula is C15H15F2N3O2. The number of hydrogen-bond acceptors (Lipinski definition) is 3. The summed E-state index contributed by atoms with van der Waals surface area (Å²) in [6.07, 6.45) is 2.62. The number of benzene rings is 1. The lowest BCUT2D eigenvalue weighted by atomic mass is 10.0. The zero-order valence-electron chi connectivity index (χ0n) is 11.7. The van der Waals surface area contributed by atoms with Gasteiger partial charge in [0, 0.05) is 24.5 Å². The van der Waals surface area contributed by atoms with Crippen LogP contribution in [0.2, 0.25) is 0 Å². The number of aromatic nitrogens is 2. The van der Waals surface area contributed by atoms with Crippen molar-refractivity contribution in [3.05, 3.63) is 53.9 Å². The first-order valence-electron chi connectivity index (χ1n) is 6.94. The molecule has 1 aliphatic heterocycles. The van der Waals surface area contributed by atoms with Crippen molar-refractivity contribution in [3.63, 3.8) is 0 Å². The minimum Gasteiger partial charge on any atom is -0.391 e. The van der Waals surface area contributed by atoms with Crippen LogP contribution in [0.4, 0.5) is 8.78 Å². The summed E-state index contributed by atoms with van der Waals surface area (Å²) < 4.78 is 28.8. The Labute approximate surface area is 125 Å². The summed E-state index contributed by atoms with van der Waals surface area (Å²) >= 11 is 0. The normalized spacial score (nSPS) is 21.3. The molecule has 1 aromatic heterocycles. The fraction of sp³-hybridized carbons (Fsp3) is 0.333. The van der Waals surface area contributed by atoms with Crippen LogP contribution < -0.4 is 0 Å². The molecule has 116 valence electrons. The third kappa shape index (κ3) is 2.85. The van der Waals surface area contributed by atoms with Gasteiger partial charge in [0.2, 0.25) is 5.91 Å². The van der Waals surface area contributed by atoms with E-state index in [1.54, 1.807) is 18.5 Å². The van der Waals surface area contributed by atoms with Crippen LogP contribution in [0.5, 0.6) is 0 Å². The standard InChI is InChI=1S/C15H15F2N3O2/c16-10-2-3-13(17)12(6-10)14-7-11(21)8-20(14)15(22)9-19-5-1-4-18-19/h1-6,11,14,21H,7-9H2. The monoisotopic (exact) mass is 307 g/mol. The Morgan fingerprint density at radius 3 is 2.95 bits per heavy atom. The molecule has 5 nitrogen and oxygen atoms in total. The number of aliphatic hydroxyl groups excluding tert-OH is 1. The van der Waals surface area contributed by atoms with Crippen molar-refractivity contribution in [2.24, 2.45) is 0 Å². The molecular weight excluding hydrogens is 292 g/mol. The molecule has 2 atom stereocenters. The van der Waals surface area contributed by atoms with Crippen LogP contribution in [-0.2, 0) is 11.3 Å². The number of β-amino-alcohol motifs (C(OH)–C–C–N with tert-alkyl or cyclic N) is 1. The lowest BCUT2D eigenvalue weighted by Gasteiger charge is -2.25. The molecule has 1 N–H and O–H groups in total. The number of likely N-dealkylation sites (tertiary alicyclic amines) is 1. The van der Waals surface area contributed by atoms with Crippen LogP contribution in [-0.4, -0.2) is 38.3 Å². The zero-order valence-corrected chi connectivity index (χ0v) is 11.7. The first-order chi connectivity index (χ1) is 10.5. The molecule has 0 spiro atoms. The molecule has 3 rings (SSSR count). The zero-order chi connectivity index (χ0) is 15.7. The molecule has 1 amide bonds. The Hall–Kier alpha value is -2.28. The van der Waals surface area contributed by atoms with Gasteiger partial charge >= 0.3 is 0 Å². The van der Waals surface area contributed by atoms with Crippen molar-refractivity contribution in [3.8, 4) is 0 Å². The SMILES string of the molecule is O=C(Cn1cccn1)N1CC(O)CC1c1cc(F)ccc1F. The number of halogens is 2. The van der Waals surface area contributed by atoms with Gasteiger partial charge in [0.05, 0.1) is 12.1 Å². The van der Waals surface area contributed by atoms with Crippen LogP contribution in [0, 0.1) is 11.6 Å². The molecule has 2 unspecified atom stereocenters. The number of aliphatic hydroxyl groups is 1. The Bertz CT molecular complexity index is 675. The minimum absolute atomic E-state index is 0.00679. The van der Waals surface area contributed by atoms with Gasteiger partial charge in [-0.15, -0.1) is 0 Å². The second-order valence-corrected chi connectivity index (χ2v) is 5.32. The highest BCUT2D eigenvalue weighted by molar-refractivity contribution is 5.77. The van der Waals surface area contributed by atoms with E-state index in [0.717, 1.165) is 18.2 Å². The molecule has 1 fully saturated rings. The van der Waals surface area contributed by atoms with Gasteiger partial charge in [-0.3, -0.25) is 9.48 Å². The second-order valence-electron chi connectivity index (χ2n) is 5.32. The van der Waals surface area contributed by atoms with E-state index < -0.39 is 23.8 Å². The predicted molar refractivity (Wildman–Crippen MR) is 73.7 cm³/mol. The van der Waals surface area contributed by atoms with Crippen LogP contribution in [0.15, 0.2) is 36.7 Å². The highest BCUT2D eigenvalue weighted by Gasteiger charge is 2.36. The summed E-state index contributed by atoms with van der Waals surface area (Å²) in [6.45, 7) is 0.0911. The van der Waals surface area contributed by atoms with Gasteiger partial charge in [-0.2, -0.15) is 5.10 Å². The summed E-state index contributed by atoms with van der Waals surface area (Å²) in [7, 11) is 0. The fourth-order valence-electron chi connectivity index (χ4n) is 2.78. The first kappa shape index (κ1) is 14.6. The van der Waals surface area contributed by atoms with E-state index in [0.29, 0.717) is 0 Å². The molecule has 22 heavy (non-hydrogen) atoms. The van der Waals surface area contributed by atoms with Gasteiger partial charge in [0.1, 0.15) is 18.2 Å². The molecule has 2 heterocycles. The summed E-state index contributed by atoms with van der Waals surface area (Å²) in [5, 5.41) is 13.8. The lowest BCUT2D eigenvalue weighted by molar-refractivity contribution is -0.133. The van der Waals surface area contributed by atoms with Gasteiger partial charge in [-0.25, -0.2) is 8.78 Å². The highest BCUT2D eigenvalue weighted by atomic mass is 19.1. The maximum atomic E-state index is 14.0. The van der Waals surface area contributed by atoms with Crippen LogP contribution in [0.1, 0.15) is 18.0 Å². The van der Waals surface area contributed by atoms with E-state index in [-0.39, 0.29) is 31.0 Å². The number of amides is 1. The largest absolute Gasteiger partial charge is 0.391 e. The number of rotatable bonds is 3. The molecule has 0 radical (unpaired) electrons. The molecule has 0 saturated carbocycles. The van der Waals surface area contributed by atoms with E-state index in [1.165, 1.54) is 9.58 Å². The van der Waals surface area contributed by atoms with Gasteiger partial charge in [0.15, 0.2) is 0 Å². The van der Waals surface area contributed by atoms with Gasteiger partial charge in [-0.05, 0) is 30.7 Å². The van der Waals surface area contributed by atoms with E-state index >= 15 is 0 Å². The molecule has 0 aliphatic carbocycles. The molecule has 1 aromatic carbocycles. The second kappa shape index (κ2) is 5.84. The average Bonchev–Trinajstić information content (AvgIpc) is 3.11. The van der Waals surface area contributed by atoms with Gasteiger partial charge in [-0.1, -0.05) is 0 Å². The summed E-state index contributed by atoms with van der Waals surface area (Å²) in [6, 6.07) is 4.15. The Morgan fingerprint density at radius 2 is 2.23 bits per heavy atom. The number of carbonyl (C=O) groups excluding carboxylic acids is 1. The Kier molecular flexibility index (Phi) is 3.89. The Balaban J connectivity index is 1.85. The van der Waals surface area contributed by atoms with Crippen LogP contribution in [0.25, 0.3) is 0 Å². The van der Waals surface area contributed by atoms with Crippen molar-refractivity contribution in [2.45, 2.75) is 25.1 Å². The predicted octanol–water partition coefficient (Wildman–Crippen LogP) is 1.50. The van der Waals surface area contributed by atoms with Gasteiger partial charge in [0.25, 0.3) is 0 Å². The average molecular weight is 307 g/mol. The number of hydrogen-bond donors (Lipinski definition) is 1. The number of nitrogens with zero attached hydrogens (tertiary/aromatic N) is 3. The van der Waals surface area contributed by atoms with E-state index in [9.17, 15) is 18.7 Å². The van der Waals surface area contributed by atoms with Crippen LogP contribution in [0.3, 0.4) is 0 Å². The first-order valence-corrected chi connectivity index (χ1v) is 6.94. The maximum absolute atomic E-state index is 14.0. The van der Waals surface area contributed by atoms with Crippen molar-refractivity contribution in [1.29, 1.82) is 0 Å². The molecule has 1 saturated heterocycles. The summed E-state index contributed by atoms with van der Waals surface area (Å²) in [4.78, 5) is 13.8. The van der Waals surface area contributed by atoms with Crippen LogP contribution >= 0.6 is 0 Å². The summed E-state index contributed by atoms with van der Waals surface area (Å²) in [5.74, 6) is -1.46. The van der Waals surface area contributed by atoms with Crippen molar-refractivity contribution < 1.29 is 18.7 Å². The van der Waals surface area contributed by atoms with E-state index in [2.05, 4.69) is 5.10 Å². The topological polar surface area (TPSA) is 58.4 Å². The highest BCUT2D eigenvalue weighted by Crippen LogP contribution is 2.34. The van der Waals surface area contributed by atoms with E-state index in [4.69, 9.17) is 0 Å². The molecule has 2 aromatic rings. The van der Waals surface area contributed by atoms with Gasteiger partial charge < -0.3 is 10.0 Å². The Morgan fingerprint density at radius 1 is 1.41 bits per heavy atom. The smallest absolute Gasteiger partial charge is 0.244 e. The quantitative estimate of drug-likeness (QED) is 0.935.